The molecule has 1 saturated carbocycles. The van der Waals surface area contributed by atoms with Crippen LogP contribution in [0.15, 0.2) is 47.6 Å². The van der Waals surface area contributed by atoms with Gasteiger partial charge in [-0.2, -0.15) is 5.10 Å². The Morgan fingerprint density at radius 2 is 1.74 bits per heavy atom. The molecule has 4 atom stereocenters. The summed E-state index contributed by atoms with van der Waals surface area (Å²) in [6, 6.07) is 12.2. The Kier molecular flexibility index (Phi) is 6.77. The average Bonchev–Trinajstić information content (AvgIpc) is 3.07. The maximum Gasteiger partial charge on any atom is 0.268 e. The fourth-order valence-corrected chi connectivity index (χ4v) is 4.99. The van der Waals surface area contributed by atoms with Crippen LogP contribution in [0.3, 0.4) is 0 Å². The maximum atomic E-state index is 13.2. The second kappa shape index (κ2) is 9.37. The first-order chi connectivity index (χ1) is 14.8. The summed E-state index contributed by atoms with van der Waals surface area (Å²) in [6.07, 6.45) is 2.91. The summed E-state index contributed by atoms with van der Waals surface area (Å²) >= 11 is 18.7. The maximum absolute atomic E-state index is 13.2. The van der Waals surface area contributed by atoms with Gasteiger partial charge in [0.1, 0.15) is 5.71 Å². The molecular formula is C23H24Cl3N3O2. The lowest BCUT2D eigenvalue weighted by molar-refractivity contribution is -0.116. The molecule has 0 unspecified atom stereocenters. The number of rotatable bonds is 4. The summed E-state index contributed by atoms with van der Waals surface area (Å²) in [5, 5.41) is 21.3. The number of anilines is 1. The number of hydrazone groups is 1. The minimum atomic E-state index is -0.524. The molecule has 5 nitrogen and oxygen atoms in total. The summed E-state index contributed by atoms with van der Waals surface area (Å²) in [6.45, 7) is 1.97. The van der Waals surface area contributed by atoms with Crippen molar-refractivity contribution < 1.29 is 9.90 Å². The van der Waals surface area contributed by atoms with E-state index in [-0.39, 0.29) is 23.9 Å². The minimum Gasteiger partial charge on any atom is -0.391 e. The Morgan fingerprint density at radius 3 is 2.42 bits per heavy atom. The third-order valence-corrected chi connectivity index (χ3v) is 6.82. The van der Waals surface area contributed by atoms with Crippen molar-refractivity contribution >= 4 is 52.1 Å². The Hall–Kier alpha value is -1.79. The van der Waals surface area contributed by atoms with E-state index in [0.717, 1.165) is 24.8 Å². The van der Waals surface area contributed by atoms with E-state index in [4.69, 9.17) is 39.9 Å². The Balaban J connectivity index is 1.68. The Bertz CT molecular complexity index is 996. The number of amides is 1. The summed E-state index contributed by atoms with van der Waals surface area (Å²) in [5.41, 5.74) is 2.04. The van der Waals surface area contributed by atoms with Crippen LogP contribution in [0.2, 0.25) is 15.1 Å². The summed E-state index contributed by atoms with van der Waals surface area (Å²) in [4.78, 5) is 13.2. The van der Waals surface area contributed by atoms with E-state index in [1.807, 2.05) is 31.2 Å². The predicted octanol–water partition coefficient (Wildman–Crippen LogP) is 5.62. The predicted molar refractivity (Wildman–Crippen MR) is 126 cm³/mol. The van der Waals surface area contributed by atoms with E-state index < -0.39 is 6.10 Å². The van der Waals surface area contributed by atoms with Gasteiger partial charge in [-0.15, -0.1) is 0 Å². The Labute approximate surface area is 197 Å². The highest BCUT2D eigenvalue weighted by molar-refractivity contribution is 6.41. The van der Waals surface area contributed by atoms with Crippen LogP contribution in [0.25, 0.3) is 0 Å². The number of carbonyl (C=O) groups excluding carboxylic acids is 1. The van der Waals surface area contributed by atoms with Gasteiger partial charge in [-0.05, 0) is 48.7 Å². The molecule has 1 aliphatic heterocycles. The molecule has 164 valence electrons. The Morgan fingerprint density at radius 1 is 1.06 bits per heavy atom. The van der Waals surface area contributed by atoms with Gasteiger partial charge >= 0.3 is 0 Å². The molecule has 1 amide bonds. The normalized spacial score (nSPS) is 26.0. The molecule has 4 rings (SSSR count). The molecule has 0 radical (unpaired) electrons. The molecule has 31 heavy (non-hydrogen) atoms. The van der Waals surface area contributed by atoms with Crippen LogP contribution >= 0.6 is 34.8 Å². The van der Waals surface area contributed by atoms with Gasteiger partial charge in [0.25, 0.3) is 5.91 Å². The number of nitrogens with one attached hydrogen (secondary N) is 1. The first-order valence-electron chi connectivity index (χ1n) is 10.4. The van der Waals surface area contributed by atoms with Crippen LogP contribution in [-0.2, 0) is 4.79 Å². The smallest absolute Gasteiger partial charge is 0.268 e. The minimum absolute atomic E-state index is 0.214. The first-order valence-corrected chi connectivity index (χ1v) is 11.6. The van der Waals surface area contributed by atoms with Crippen molar-refractivity contribution in [3.8, 4) is 0 Å². The van der Waals surface area contributed by atoms with Gasteiger partial charge in [0.05, 0.1) is 28.9 Å². The molecular weight excluding hydrogens is 457 g/mol. The molecule has 1 heterocycles. The molecule has 0 aromatic heterocycles. The van der Waals surface area contributed by atoms with Gasteiger partial charge in [0.2, 0.25) is 0 Å². The molecule has 2 aliphatic rings. The van der Waals surface area contributed by atoms with Gasteiger partial charge in [-0.3, -0.25) is 9.80 Å². The molecule has 2 N–H and O–H groups in total. The number of hydrogen-bond acceptors (Lipinski definition) is 4. The molecule has 1 aliphatic carbocycles. The number of aliphatic hydroxyl groups is 1. The average molecular weight is 481 g/mol. The van der Waals surface area contributed by atoms with Crippen LogP contribution < -0.4 is 10.3 Å². The topological polar surface area (TPSA) is 64.9 Å². The molecule has 0 bridgehead atoms. The van der Waals surface area contributed by atoms with Gasteiger partial charge in [0.15, 0.2) is 0 Å². The lowest BCUT2D eigenvalue weighted by Crippen LogP contribution is -2.48. The first kappa shape index (κ1) is 22.4. The van der Waals surface area contributed by atoms with Crippen molar-refractivity contribution in [1.29, 1.82) is 0 Å². The summed E-state index contributed by atoms with van der Waals surface area (Å²) in [5.74, 6) is -0.473. The number of carbonyl (C=O) groups is 1. The fourth-order valence-electron chi connectivity index (χ4n) is 4.37. The zero-order valence-corrected chi connectivity index (χ0v) is 19.3. The molecule has 0 spiro atoms. The van der Waals surface area contributed by atoms with E-state index in [9.17, 15) is 9.90 Å². The van der Waals surface area contributed by atoms with Crippen molar-refractivity contribution in [3.63, 3.8) is 0 Å². The van der Waals surface area contributed by atoms with Gasteiger partial charge in [-0.1, -0.05) is 66.7 Å². The van der Waals surface area contributed by atoms with E-state index in [0.29, 0.717) is 32.9 Å². The van der Waals surface area contributed by atoms with Crippen molar-refractivity contribution in [2.75, 3.05) is 5.01 Å². The molecule has 8 heteroatoms. The van der Waals surface area contributed by atoms with Crippen LogP contribution in [0.5, 0.6) is 0 Å². The SMILES string of the molecule is C[C@@H]1C(C(=O)N[C@@H]2CCCC[C@H]2O)=NN(c2ccc(Cl)cc2Cl)[C@@H]1c1ccc(Cl)cc1. The van der Waals surface area contributed by atoms with E-state index in [1.165, 1.54) is 0 Å². The molecule has 2 aromatic rings. The zero-order chi connectivity index (χ0) is 22.1. The highest BCUT2D eigenvalue weighted by Crippen LogP contribution is 2.42. The van der Waals surface area contributed by atoms with Crippen LogP contribution in [0.4, 0.5) is 5.69 Å². The van der Waals surface area contributed by atoms with Crippen LogP contribution in [0, 0.1) is 5.92 Å². The van der Waals surface area contributed by atoms with Crippen molar-refractivity contribution in [1.82, 2.24) is 5.32 Å². The van der Waals surface area contributed by atoms with Gasteiger partial charge in [-0.25, -0.2) is 0 Å². The van der Waals surface area contributed by atoms with Crippen molar-refractivity contribution in [3.05, 3.63) is 63.1 Å². The monoisotopic (exact) mass is 479 g/mol. The summed E-state index contributed by atoms with van der Waals surface area (Å²) in [7, 11) is 0. The largest absolute Gasteiger partial charge is 0.391 e. The van der Waals surface area contributed by atoms with Gasteiger partial charge < -0.3 is 10.4 Å². The molecule has 0 saturated heterocycles. The fraction of sp³-hybridized carbons (Fsp3) is 0.391. The highest BCUT2D eigenvalue weighted by atomic mass is 35.5. The van der Waals surface area contributed by atoms with Crippen LogP contribution in [-0.4, -0.2) is 28.9 Å². The van der Waals surface area contributed by atoms with Gasteiger partial charge in [0, 0.05) is 16.0 Å². The number of benzene rings is 2. The number of halogens is 3. The number of nitrogens with zero attached hydrogens (tertiary/aromatic N) is 2. The standard InChI is InChI=1S/C23H24Cl3N3O2/c1-13-21(23(31)27-18-4-2-3-5-20(18)30)28-29(19-11-10-16(25)12-17(19)26)22(13)14-6-8-15(24)9-7-14/h6-13,18,20,22,30H,2-5H2,1H3,(H,27,31)/t13-,18-,20-,22+/m1/s1. The summed E-state index contributed by atoms with van der Waals surface area (Å²) < 4.78 is 0. The van der Waals surface area contributed by atoms with Crippen LogP contribution in [0.1, 0.15) is 44.2 Å². The third-order valence-electron chi connectivity index (χ3n) is 6.03. The lowest BCUT2D eigenvalue weighted by Gasteiger charge is -2.29. The third kappa shape index (κ3) is 4.70. The second-order valence-electron chi connectivity index (χ2n) is 8.14. The molecule has 2 aromatic carbocycles. The highest BCUT2D eigenvalue weighted by Gasteiger charge is 2.41. The lowest BCUT2D eigenvalue weighted by atomic mass is 9.89. The van der Waals surface area contributed by atoms with E-state index in [2.05, 4.69) is 5.32 Å². The number of aliphatic hydroxyl groups excluding tert-OH is 1. The zero-order valence-electron chi connectivity index (χ0n) is 17.1. The molecule has 1 fully saturated rings. The number of hydrogen-bond donors (Lipinski definition) is 2. The second-order valence-corrected chi connectivity index (χ2v) is 9.42. The quantitative estimate of drug-likeness (QED) is 0.597. The van der Waals surface area contributed by atoms with Crippen molar-refractivity contribution in [2.45, 2.75) is 50.8 Å². The van der Waals surface area contributed by atoms with Crippen molar-refractivity contribution in [2.24, 2.45) is 11.0 Å². The van der Waals surface area contributed by atoms with E-state index in [1.54, 1.807) is 23.2 Å². The van der Waals surface area contributed by atoms with E-state index >= 15 is 0 Å².